The van der Waals surface area contributed by atoms with Gasteiger partial charge in [0.25, 0.3) is 0 Å². The van der Waals surface area contributed by atoms with Gasteiger partial charge in [-0.05, 0) is 58.4 Å². The standard InChI is InChI=1S/C17H28N2O/c1-5-13-9-6-7-10-14(13)20-16-12-8-11-15(18-16)19-17(2,3)4/h8,11-14H,5-7,9-10H2,1-4H3,(H,18,19). The lowest BCUT2D eigenvalue weighted by Gasteiger charge is -2.31. The van der Waals surface area contributed by atoms with Crippen molar-refractivity contribution in [1.29, 1.82) is 0 Å². The summed E-state index contributed by atoms with van der Waals surface area (Å²) in [5, 5.41) is 3.39. The fraction of sp³-hybridized carbons (Fsp3) is 0.706. The maximum atomic E-state index is 6.16. The van der Waals surface area contributed by atoms with Crippen LogP contribution in [0.25, 0.3) is 0 Å². The maximum Gasteiger partial charge on any atom is 0.215 e. The maximum absolute atomic E-state index is 6.16. The van der Waals surface area contributed by atoms with Gasteiger partial charge in [-0.15, -0.1) is 0 Å². The van der Waals surface area contributed by atoms with Crippen molar-refractivity contribution in [3.63, 3.8) is 0 Å². The van der Waals surface area contributed by atoms with E-state index in [-0.39, 0.29) is 5.54 Å². The molecule has 0 amide bonds. The highest BCUT2D eigenvalue weighted by Gasteiger charge is 2.25. The summed E-state index contributed by atoms with van der Waals surface area (Å²) in [7, 11) is 0. The minimum atomic E-state index is 0.0163. The molecule has 2 unspecified atom stereocenters. The third-order valence-electron chi connectivity index (χ3n) is 3.86. The average molecular weight is 276 g/mol. The van der Waals surface area contributed by atoms with Crippen molar-refractivity contribution < 1.29 is 4.74 Å². The molecule has 2 atom stereocenters. The Morgan fingerprint density at radius 1 is 1.25 bits per heavy atom. The Balaban J connectivity index is 2.03. The molecule has 1 aliphatic rings. The van der Waals surface area contributed by atoms with E-state index < -0.39 is 0 Å². The van der Waals surface area contributed by atoms with Crippen LogP contribution in [-0.2, 0) is 0 Å². The molecule has 1 saturated carbocycles. The number of ether oxygens (including phenoxy) is 1. The van der Waals surface area contributed by atoms with E-state index >= 15 is 0 Å². The molecule has 0 spiro atoms. The molecule has 1 heterocycles. The molecule has 1 aliphatic carbocycles. The lowest BCUT2D eigenvalue weighted by atomic mass is 9.85. The van der Waals surface area contributed by atoms with E-state index in [1.54, 1.807) is 0 Å². The molecule has 1 aromatic rings. The molecule has 3 nitrogen and oxygen atoms in total. The van der Waals surface area contributed by atoms with E-state index in [1.807, 2.05) is 18.2 Å². The highest BCUT2D eigenvalue weighted by Crippen LogP contribution is 2.30. The van der Waals surface area contributed by atoms with Crippen molar-refractivity contribution in [2.45, 2.75) is 71.4 Å². The minimum absolute atomic E-state index is 0.0163. The molecule has 2 rings (SSSR count). The minimum Gasteiger partial charge on any atom is -0.474 e. The predicted molar refractivity (Wildman–Crippen MR) is 84.3 cm³/mol. The summed E-state index contributed by atoms with van der Waals surface area (Å²) >= 11 is 0. The Morgan fingerprint density at radius 3 is 2.70 bits per heavy atom. The second-order valence-corrected chi connectivity index (χ2v) is 6.85. The van der Waals surface area contributed by atoms with Gasteiger partial charge in [0, 0.05) is 11.6 Å². The number of anilines is 1. The van der Waals surface area contributed by atoms with Crippen LogP contribution in [0.4, 0.5) is 5.82 Å². The molecule has 1 N–H and O–H groups in total. The van der Waals surface area contributed by atoms with E-state index in [0.717, 1.165) is 18.1 Å². The molecule has 0 saturated heterocycles. The van der Waals surface area contributed by atoms with Crippen LogP contribution in [0.1, 0.15) is 59.8 Å². The zero-order valence-electron chi connectivity index (χ0n) is 13.3. The first-order valence-corrected chi connectivity index (χ1v) is 7.90. The molecule has 20 heavy (non-hydrogen) atoms. The van der Waals surface area contributed by atoms with E-state index in [0.29, 0.717) is 12.0 Å². The van der Waals surface area contributed by atoms with Crippen molar-refractivity contribution in [3.05, 3.63) is 18.2 Å². The zero-order valence-corrected chi connectivity index (χ0v) is 13.3. The summed E-state index contributed by atoms with van der Waals surface area (Å²) in [6.45, 7) is 8.67. The number of aromatic nitrogens is 1. The number of hydrogen-bond acceptors (Lipinski definition) is 3. The molecular formula is C17H28N2O. The van der Waals surface area contributed by atoms with E-state index in [1.165, 1.54) is 25.7 Å². The summed E-state index contributed by atoms with van der Waals surface area (Å²) in [5.74, 6) is 2.33. The van der Waals surface area contributed by atoms with Gasteiger partial charge in [-0.25, -0.2) is 0 Å². The Hall–Kier alpha value is -1.25. The van der Waals surface area contributed by atoms with E-state index in [2.05, 4.69) is 38.0 Å². The quantitative estimate of drug-likeness (QED) is 0.870. The second kappa shape index (κ2) is 6.47. The fourth-order valence-electron chi connectivity index (χ4n) is 2.89. The molecule has 1 aromatic heterocycles. The first kappa shape index (κ1) is 15.1. The van der Waals surface area contributed by atoms with Crippen molar-refractivity contribution in [3.8, 4) is 5.88 Å². The van der Waals surface area contributed by atoms with Crippen LogP contribution in [0, 0.1) is 5.92 Å². The van der Waals surface area contributed by atoms with Gasteiger partial charge in [-0.3, -0.25) is 0 Å². The molecule has 0 aromatic carbocycles. The van der Waals surface area contributed by atoms with E-state index in [4.69, 9.17) is 4.74 Å². The number of nitrogens with zero attached hydrogens (tertiary/aromatic N) is 1. The molecule has 0 radical (unpaired) electrons. The summed E-state index contributed by atoms with van der Waals surface area (Å²) < 4.78 is 6.16. The average Bonchev–Trinajstić information content (AvgIpc) is 2.38. The second-order valence-electron chi connectivity index (χ2n) is 6.85. The molecule has 0 aliphatic heterocycles. The predicted octanol–water partition coefficient (Wildman–Crippen LogP) is 4.64. The third kappa shape index (κ3) is 4.39. The van der Waals surface area contributed by atoms with Crippen LogP contribution in [-0.4, -0.2) is 16.6 Å². The molecule has 112 valence electrons. The summed E-state index contributed by atoms with van der Waals surface area (Å²) in [5.41, 5.74) is 0.0163. The Kier molecular flexibility index (Phi) is 4.90. The van der Waals surface area contributed by atoms with Gasteiger partial charge in [0.15, 0.2) is 0 Å². The Bertz CT molecular complexity index is 425. The van der Waals surface area contributed by atoms with Gasteiger partial charge < -0.3 is 10.1 Å². The van der Waals surface area contributed by atoms with Gasteiger partial charge in [0.2, 0.25) is 5.88 Å². The molecule has 1 fully saturated rings. The first-order valence-electron chi connectivity index (χ1n) is 7.90. The lowest BCUT2D eigenvalue weighted by molar-refractivity contribution is 0.0860. The molecule has 0 bridgehead atoms. The van der Waals surface area contributed by atoms with Gasteiger partial charge in [0.05, 0.1) is 0 Å². The van der Waals surface area contributed by atoms with Crippen LogP contribution < -0.4 is 10.1 Å². The number of hydrogen-bond donors (Lipinski definition) is 1. The smallest absolute Gasteiger partial charge is 0.215 e. The molecule has 3 heteroatoms. The van der Waals surface area contributed by atoms with Crippen molar-refractivity contribution >= 4 is 5.82 Å². The van der Waals surface area contributed by atoms with Crippen LogP contribution in [0.5, 0.6) is 5.88 Å². The number of nitrogens with one attached hydrogen (secondary N) is 1. The van der Waals surface area contributed by atoms with Crippen LogP contribution in [0.2, 0.25) is 0 Å². The van der Waals surface area contributed by atoms with Crippen molar-refractivity contribution in [2.24, 2.45) is 5.92 Å². The Morgan fingerprint density at radius 2 is 2.00 bits per heavy atom. The van der Waals surface area contributed by atoms with E-state index in [9.17, 15) is 0 Å². The van der Waals surface area contributed by atoms with Crippen LogP contribution >= 0.6 is 0 Å². The highest BCUT2D eigenvalue weighted by atomic mass is 16.5. The van der Waals surface area contributed by atoms with Gasteiger partial charge >= 0.3 is 0 Å². The highest BCUT2D eigenvalue weighted by molar-refractivity contribution is 5.39. The lowest BCUT2D eigenvalue weighted by Crippen LogP contribution is -2.30. The van der Waals surface area contributed by atoms with Crippen LogP contribution in [0.3, 0.4) is 0 Å². The summed E-state index contributed by atoms with van der Waals surface area (Å²) in [6, 6.07) is 5.98. The van der Waals surface area contributed by atoms with Gasteiger partial charge in [-0.2, -0.15) is 4.98 Å². The SMILES string of the molecule is CCC1CCCCC1Oc1cccc(NC(C)(C)C)n1. The topological polar surface area (TPSA) is 34.1 Å². The van der Waals surface area contributed by atoms with Crippen molar-refractivity contribution in [1.82, 2.24) is 4.98 Å². The third-order valence-corrected chi connectivity index (χ3v) is 3.86. The summed E-state index contributed by atoms with van der Waals surface area (Å²) in [6.07, 6.45) is 6.62. The first-order chi connectivity index (χ1) is 9.48. The van der Waals surface area contributed by atoms with Crippen molar-refractivity contribution in [2.75, 3.05) is 5.32 Å². The number of pyridine rings is 1. The molecular weight excluding hydrogens is 248 g/mol. The van der Waals surface area contributed by atoms with Crippen LogP contribution in [0.15, 0.2) is 18.2 Å². The Labute approximate surface area is 123 Å². The number of rotatable bonds is 4. The normalized spacial score (nSPS) is 23.4. The zero-order chi connectivity index (χ0) is 14.6. The van der Waals surface area contributed by atoms with Gasteiger partial charge in [-0.1, -0.05) is 19.4 Å². The monoisotopic (exact) mass is 276 g/mol. The fourth-order valence-corrected chi connectivity index (χ4v) is 2.89. The van der Waals surface area contributed by atoms with Gasteiger partial charge in [0.1, 0.15) is 11.9 Å². The largest absolute Gasteiger partial charge is 0.474 e. The summed E-state index contributed by atoms with van der Waals surface area (Å²) in [4.78, 5) is 4.59.